The molecular weight excluding hydrogens is 330 g/mol. The van der Waals surface area contributed by atoms with Gasteiger partial charge in [0.2, 0.25) is 5.91 Å². The number of nitrogens with zero attached hydrogens (tertiary/aromatic N) is 1. The topological polar surface area (TPSA) is 81.7 Å². The van der Waals surface area contributed by atoms with Crippen molar-refractivity contribution in [1.29, 1.82) is 0 Å². The third-order valence-corrected chi connectivity index (χ3v) is 5.74. The van der Waals surface area contributed by atoms with Gasteiger partial charge < -0.3 is 10.0 Å². The van der Waals surface area contributed by atoms with Crippen LogP contribution in [0.4, 0.5) is 0 Å². The van der Waals surface area contributed by atoms with Crippen LogP contribution in [0.1, 0.15) is 50.5 Å². The van der Waals surface area contributed by atoms with Crippen molar-refractivity contribution in [3.8, 4) is 0 Å². The number of benzene rings is 1. The molecule has 2 unspecified atom stereocenters. The second kappa shape index (κ2) is 8.64. The lowest BCUT2D eigenvalue weighted by atomic mass is 9.86. The van der Waals surface area contributed by atoms with Crippen LogP contribution in [-0.2, 0) is 9.59 Å². The van der Waals surface area contributed by atoms with Crippen LogP contribution in [-0.4, -0.2) is 47.1 Å². The number of hydrazine groups is 1. The number of carboxylic acid groups (broad SMARTS) is 1. The van der Waals surface area contributed by atoms with E-state index in [0.29, 0.717) is 18.4 Å². The van der Waals surface area contributed by atoms with Gasteiger partial charge in [-0.15, -0.1) is 0 Å². The van der Waals surface area contributed by atoms with Crippen molar-refractivity contribution in [3.63, 3.8) is 0 Å². The van der Waals surface area contributed by atoms with Crippen LogP contribution in [0.2, 0.25) is 0 Å². The highest BCUT2D eigenvalue weighted by Crippen LogP contribution is 2.27. The van der Waals surface area contributed by atoms with E-state index >= 15 is 0 Å². The second-order valence-electron chi connectivity index (χ2n) is 7.66. The Morgan fingerprint density at radius 2 is 1.88 bits per heavy atom. The number of hydrogen-bond donors (Lipinski definition) is 3. The molecule has 142 valence electrons. The maximum absolute atomic E-state index is 12.6. The summed E-state index contributed by atoms with van der Waals surface area (Å²) in [5.74, 6) is 0.203. The molecule has 0 radical (unpaired) electrons. The van der Waals surface area contributed by atoms with Gasteiger partial charge in [0.15, 0.2) is 0 Å². The highest BCUT2D eigenvalue weighted by molar-refractivity contribution is 5.77. The lowest BCUT2D eigenvalue weighted by molar-refractivity contribution is -0.137. The Morgan fingerprint density at radius 1 is 1.19 bits per heavy atom. The standard InChI is InChI=1S/C20H29N3O3/c1-14(15-5-3-2-4-6-15)11-19(24)23-9-7-16(8-10-23)18-12-17(21-22-18)13-20(25)26/h2-6,14,16-18,21-22H,7-13H2,1H3,(H,25,26)/t14-,17?,18?/m1/s1. The summed E-state index contributed by atoms with van der Waals surface area (Å²) < 4.78 is 0. The molecule has 0 aliphatic carbocycles. The number of carbonyl (C=O) groups is 2. The average Bonchev–Trinajstić information content (AvgIpc) is 3.10. The van der Waals surface area contributed by atoms with Crippen LogP contribution >= 0.6 is 0 Å². The largest absolute Gasteiger partial charge is 0.481 e. The predicted octanol–water partition coefficient (Wildman–Crippen LogP) is 2.13. The van der Waals surface area contributed by atoms with Gasteiger partial charge in [-0.25, -0.2) is 0 Å². The molecule has 3 N–H and O–H groups in total. The van der Waals surface area contributed by atoms with E-state index in [1.54, 1.807) is 0 Å². The molecule has 0 aromatic heterocycles. The van der Waals surface area contributed by atoms with Gasteiger partial charge in [0, 0.05) is 31.6 Å². The number of piperidine rings is 1. The Bertz CT molecular complexity index is 614. The summed E-state index contributed by atoms with van der Waals surface area (Å²) in [5, 5.41) is 8.91. The maximum Gasteiger partial charge on any atom is 0.304 e. The summed E-state index contributed by atoms with van der Waals surface area (Å²) >= 11 is 0. The Kier molecular flexibility index (Phi) is 6.27. The zero-order chi connectivity index (χ0) is 18.5. The van der Waals surface area contributed by atoms with Crippen molar-refractivity contribution in [3.05, 3.63) is 35.9 Å². The molecule has 0 spiro atoms. The number of rotatable bonds is 6. The Labute approximate surface area is 154 Å². The first kappa shape index (κ1) is 18.9. The second-order valence-corrected chi connectivity index (χ2v) is 7.66. The fraction of sp³-hybridized carbons (Fsp3) is 0.600. The van der Waals surface area contributed by atoms with E-state index in [1.165, 1.54) is 5.56 Å². The molecule has 3 rings (SSSR count). The number of aliphatic carboxylic acids is 1. The monoisotopic (exact) mass is 359 g/mol. The summed E-state index contributed by atoms with van der Waals surface area (Å²) in [4.78, 5) is 25.4. The molecule has 2 heterocycles. The van der Waals surface area contributed by atoms with Crippen LogP contribution in [0, 0.1) is 5.92 Å². The number of carboxylic acids is 1. The summed E-state index contributed by atoms with van der Waals surface area (Å²) in [5.41, 5.74) is 7.57. The Balaban J connectivity index is 1.43. The summed E-state index contributed by atoms with van der Waals surface area (Å²) in [6, 6.07) is 10.5. The van der Waals surface area contributed by atoms with Crippen molar-refractivity contribution in [2.24, 2.45) is 5.92 Å². The molecule has 26 heavy (non-hydrogen) atoms. The van der Waals surface area contributed by atoms with Gasteiger partial charge in [0.25, 0.3) is 0 Å². The van der Waals surface area contributed by atoms with E-state index in [1.807, 2.05) is 23.1 Å². The van der Waals surface area contributed by atoms with E-state index in [-0.39, 0.29) is 24.3 Å². The van der Waals surface area contributed by atoms with E-state index in [2.05, 4.69) is 29.9 Å². The third kappa shape index (κ3) is 4.83. The van der Waals surface area contributed by atoms with Crippen LogP contribution in [0.3, 0.4) is 0 Å². The smallest absolute Gasteiger partial charge is 0.304 e. The number of nitrogens with one attached hydrogen (secondary N) is 2. The molecule has 1 aromatic rings. The highest BCUT2D eigenvalue weighted by Gasteiger charge is 2.34. The lowest BCUT2D eigenvalue weighted by Gasteiger charge is -2.35. The molecule has 2 aliphatic rings. The minimum Gasteiger partial charge on any atom is -0.481 e. The van der Waals surface area contributed by atoms with Crippen LogP contribution in [0.25, 0.3) is 0 Å². The number of likely N-dealkylation sites (tertiary alicyclic amines) is 1. The number of amides is 1. The molecule has 3 atom stereocenters. The Morgan fingerprint density at radius 3 is 2.54 bits per heavy atom. The fourth-order valence-corrected chi connectivity index (χ4v) is 4.15. The van der Waals surface area contributed by atoms with Gasteiger partial charge in [0.1, 0.15) is 0 Å². The summed E-state index contributed by atoms with van der Waals surface area (Å²) in [6.07, 6.45) is 3.50. The predicted molar refractivity (Wildman–Crippen MR) is 99.5 cm³/mol. The molecular formula is C20H29N3O3. The average molecular weight is 359 g/mol. The Hall–Kier alpha value is -1.92. The quantitative estimate of drug-likeness (QED) is 0.725. The van der Waals surface area contributed by atoms with Crippen molar-refractivity contribution in [1.82, 2.24) is 15.8 Å². The van der Waals surface area contributed by atoms with Crippen LogP contribution in [0.5, 0.6) is 0 Å². The van der Waals surface area contributed by atoms with E-state index < -0.39 is 5.97 Å². The summed E-state index contributed by atoms with van der Waals surface area (Å²) in [7, 11) is 0. The molecule has 1 amide bonds. The van der Waals surface area contributed by atoms with Gasteiger partial charge >= 0.3 is 5.97 Å². The van der Waals surface area contributed by atoms with Gasteiger partial charge in [-0.1, -0.05) is 37.3 Å². The molecule has 6 nitrogen and oxygen atoms in total. The normalized spacial score (nSPS) is 25.2. The van der Waals surface area contributed by atoms with Gasteiger partial charge in [-0.2, -0.15) is 0 Å². The molecule has 2 fully saturated rings. The van der Waals surface area contributed by atoms with Crippen molar-refractivity contribution < 1.29 is 14.7 Å². The molecule has 0 saturated carbocycles. The third-order valence-electron chi connectivity index (χ3n) is 5.74. The first-order chi connectivity index (χ1) is 12.5. The molecule has 6 heteroatoms. The van der Waals surface area contributed by atoms with Crippen molar-refractivity contribution in [2.45, 2.75) is 57.0 Å². The number of carbonyl (C=O) groups excluding carboxylic acids is 1. The van der Waals surface area contributed by atoms with E-state index in [9.17, 15) is 9.59 Å². The highest BCUT2D eigenvalue weighted by atomic mass is 16.4. The van der Waals surface area contributed by atoms with Gasteiger partial charge in [-0.05, 0) is 36.7 Å². The first-order valence-corrected chi connectivity index (χ1v) is 9.58. The molecule has 1 aromatic carbocycles. The minimum absolute atomic E-state index is 0.00360. The van der Waals surface area contributed by atoms with E-state index in [4.69, 9.17) is 5.11 Å². The van der Waals surface area contributed by atoms with Crippen molar-refractivity contribution in [2.75, 3.05) is 13.1 Å². The van der Waals surface area contributed by atoms with Crippen molar-refractivity contribution >= 4 is 11.9 Å². The number of hydrogen-bond acceptors (Lipinski definition) is 4. The molecule has 2 saturated heterocycles. The first-order valence-electron chi connectivity index (χ1n) is 9.58. The zero-order valence-electron chi connectivity index (χ0n) is 15.4. The molecule has 0 bridgehead atoms. The van der Waals surface area contributed by atoms with E-state index in [0.717, 1.165) is 32.4 Å². The fourth-order valence-electron chi connectivity index (χ4n) is 4.15. The van der Waals surface area contributed by atoms with Gasteiger partial charge in [0.05, 0.1) is 6.42 Å². The van der Waals surface area contributed by atoms with Crippen LogP contribution in [0.15, 0.2) is 30.3 Å². The minimum atomic E-state index is -0.766. The SMILES string of the molecule is C[C@H](CC(=O)N1CCC(C2CC(CC(=O)O)NN2)CC1)c1ccccc1. The van der Waals surface area contributed by atoms with Crippen LogP contribution < -0.4 is 10.9 Å². The maximum atomic E-state index is 12.6. The molecule has 2 aliphatic heterocycles. The lowest BCUT2D eigenvalue weighted by Crippen LogP contribution is -2.44. The zero-order valence-corrected chi connectivity index (χ0v) is 15.4. The summed E-state index contributed by atoms with van der Waals surface area (Å²) in [6.45, 7) is 3.70. The van der Waals surface area contributed by atoms with Gasteiger partial charge in [-0.3, -0.25) is 20.4 Å².